The van der Waals surface area contributed by atoms with E-state index in [1.165, 1.54) is 5.56 Å². The Kier molecular flexibility index (Phi) is 4.60. The molecule has 0 spiro atoms. The third-order valence-electron chi connectivity index (χ3n) is 6.09. The first kappa shape index (κ1) is 17.3. The number of carbonyl (C=O) groups is 1. The highest BCUT2D eigenvalue weighted by Gasteiger charge is 2.53. The number of fused-ring (bicyclic) bond motifs is 1. The van der Waals surface area contributed by atoms with Crippen molar-refractivity contribution in [3.63, 3.8) is 0 Å². The normalized spacial score (nSPS) is 26.8. The molecule has 1 saturated heterocycles. The average molecular weight is 331 g/mol. The predicted octanol–water partition coefficient (Wildman–Crippen LogP) is 3.72. The molecule has 3 rings (SSSR count). The Morgan fingerprint density at radius 3 is 2.62 bits per heavy atom. The maximum Gasteiger partial charge on any atom is 0.409 e. The van der Waals surface area contributed by atoms with Crippen molar-refractivity contribution in [2.45, 2.75) is 52.1 Å². The summed E-state index contributed by atoms with van der Waals surface area (Å²) in [5.74, 6) is 0.166. The number of aryl methyl sites for hydroxylation is 1. The van der Waals surface area contributed by atoms with Crippen molar-refractivity contribution in [2.75, 3.05) is 19.7 Å². The Labute approximate surface area is 144 Å². The zero-order valence-corrected chi connectivity index (χ0v) is 15.0. The van der Waals surface area contributed by atoms with E-state index >= 15 is 0 Å². The summed E-state index contributed by atoms with van der Waals surface area (Å²) in [4.78, 5) is 13.7. The minimum atomic E-state index is -0.831. The van der Waals surface area contributed by atoms with Crippen molar-refractivity contribution in [3.8, 4) is 0 Å². The van der Waals surface area contributed by atoms with Crippen LogP contribution < -0.4 is 0 Å². The van der Waals surface area contributed by atoms with Crippen LogP contribution in [0.3, 0.4) is 0 Å². The van der Waals surface area contributed by atoms with Crippen molar-refractivity contribution in [3.05, 3.63) is 35.4 Å². The van der Waals surface area contributed by atoms with E-state index < -0.39 is 5.60 Å². The molecule has 4 heteroatoms. The highest BCUT2D eigenvalue weighted by molar-refractivity contribution is 5.67. The van der Waals surface area contributed by atoms with E-state index in [1.54, 1.807) is 4.90 Å². The van der Waals surface area contributed by atoms with Gasteiger partial charge in [-0.25, -0.2) is 4.79 Å². The molecule has 1 heterocycles. The van der Waals surface area contributed by atoms with Crippen LogP contribution in [0.1, 0.15) is 51.2 Å². The fraction of sp³-hybridized carbons (Fsp3) is 0.650. The van der Waals surface area contributed by atoms with E-state index in [4.69, 9.17) is 4.74 Å². The summed E-state index contributed by atoms with van der Waals surface area (Å²) in [5, 5.41) is 11.9. The van der Waals surface area contributed by atoms with Crippen LogP contribution in [-0.2, 0) is 16.8 Å². The molecule has 1 aliphatic carbocycles. The van der Waals surface area contributed by atoms with Crippen LogP contribution in [0, 0.1) is 11.3 Å². The molecule has 1 amide bonds. The van der Waals surface area contributed by atoms with Crippen molar-refractivity contribution < 1.29 is 14.6 Å². The number of rotatable bonds is 2. The molecule has 1 aliphatic heterocycles. The van der Waals surface area contributed by atoms with Crippen LogP contribution in [0.25, 0.3) is 0 Å². The number of likely N-dealkylation sites (tertiary alicyclic amines) is 1. The minimum absolute atomic E-state index is 0.166. The molecule has 1 aromatic carbocycles. The van der Waals surface area contributed by atoms with Gasteiger partial charge in [-0.2, -0.15) is 0 Å². The van der Waals surface area contributed by atoms with Crippen molar-refractivity contribution in [1.29, 1.82) is 0 Å². The third kappa shape index (κ3) is 2.71. The third-order valence-corrected chi connectivity index (χ3v) is 6.09. The van der Waals surface area contributed by atoms with Gasteiger partial charge in [-0.05, 0) is 55.1 Å². The second-order valence-electron chi connectivity index (χ2n) is 7.77. The van der Waals surface area contributed by atoms with Crippen LogP contribution in [0.15, 0.2) is 24.3 Å². The number of ether oxygens (including phenoxy) is 1. The van der Waals surface area contributed by atoms with E-state index in [-0.39, 0.29) is 17.4 Å². The molecule has 4 nitrogen and oxygen atoms in total. The summed E-state index contributed by atoms with van der Waals surface area (Å²) in [6.07, 6.45) is 3.40. The van der Waals surface area contributed by atoms with Crippen molar-refractivity contribution >= 4 is 6.09 Å². The van der Waals surface area contributed by atoms with Gasteiger partial charge in [0, 0.05) is 13.1 Å². The number of amides is 1. The number of hydrogen-bond donors (Lipinski definition) is 1. The van der Waals surface area contributed by atoms with Gasteiger partial charge in [-0.15, -0.1) is 0 Å². The number of nitrogens with zero attached hydrogens (tertiary/aromatic N) is 1. The Balaban J connectivity index is 1.84. The molecule has 0 saturated carbocycles. The number of aliphatic hydroxyl groups is 1. The highest BCUT2D eigenvalue weighted by Crippen LogP contribution is 2.54. The van der Waals surface area contributed by atoms with Crippen LogP contribution in [0.5, 0.6) is 0 Å². The number of carbonyl (C=O) groups excluding carboxylic acids is 1. The molecule has 2 aliphatic rings. The molecular weight excluding hydrogens is 302 g/mol. The second-order valence-corrected chi connectivity index (χ2v) is 7.77. The largest absolute Gasteiger partial charge is 0.450 e. The molecule has 1 atom stereocenters. The van der Waals surface area contributed by atoms with Gasteiger partial charge < -0.3 is 14.7 Å². The van der Waals surface area contributed by atoms with Gasteiger partial charge in [-0.3, -0.25) is 0 Å². The molecule has 0 aromatic heterocycles. The van der Waals surface area contributed by atoms with E-state index in [9.17, 15) is 9.90 Å². The lowest BCUT2D eigenvalue weighted by molar-refractivity contribution is -0.142. The van der Waals surface area contributed by atoms with Gasteiger partial charge in [0.05, 0.1) is 12.2 Å². The van der Waals surface area contributed by atoms with Gasteiger partial charge >= 0.3 is 6.09 Å². The zero-order chi connectivity index (χ0) is 17.4. The Morgan fingerprint density at radius 2 is 1.96 bits per heavy atom. The summed E-state index contributed by atoms with van der Waals surface area (Å²) in [6.45, 7) is 7.91. The minimum Gasteiger partial charge on any atom is -0.450 e. The maximum absolute atomic E-state index is 11.9. The highest BCUT2D eigenvalue weighted by atomic mass is 16.6. The first-order chi connectivity index (χ1) is 11.4. The van der Waals surface area contributed by atoms with E-state index in [0.29, 0.717) is 19.7 Å². The zero-order valence-electron chi connectivity index (χ0n) is 15.0. The molecule has 1 unspecified atom stereocenters. The maximum atomic E-state index is 11.9. The molecule has 1 fully saturated rings. The van der Waals surface area contributed by atoms with Gasteiger partial charge in [0.25, 0.3) is 0 Å². The molecular formula is C20H29NO3. The predicted molar refractivity (Wildman–Crippen MR) is 93.8 cm³/mol. The molecule has 132 valence electrons. The van der Waals surface area contributed by atoms with Crippen LogP contribution in [0.2, 0.25) is 0 Å². The van der Waals surface area contributed by atoms with Gasteiger partial charge in [0.2, 0.25) is 0 Å². The number of benzene rings is 1. The van der Waals surface area contributed by atoms with Crippen LogP contribution in [-0.4, -0.2) is 35.8 Å². The van der Waals surface area contributed by atoms with E-state index in [0.717, 1.165) is 31.2 Å². The summed E-state index contributed by atoms with van der Waals surface area (Å²) >= 11 is 0. The first-order valence-electron chi connectivity index (χ1n) is 9.12. The standard InChI is InChI=1S/C20H29NO3/c1-4-24-18(22)21-13-10-16(11-14-21)20(23)17-8-6-5-7-15(17)9-12-19(20,2)3/h5-8,16,23H,4,9-14H2,1-3H3. The fourth-order valence-corrected chi connectivity index (χ4v) is 4.58. The average Bonchev–Trinajstić information content (AvgIpc) is 2.59. The lowest BCUT2D eigenvalue weighted by atomic mass is 9.56. The smallest absolute Gasteiger partial charge is 0.409 e. The van der Waals surface area contributed by atoms with Crippen LogP contribution in [0.4, 0.5) is 4.79 Å². The molecule has 1 aromatic rings. The van der Waals surface area contributed by atoms with Gasteiger partial charge in [0.1, 0.15) is 0 Å². The van der Waals surface area contributed by atoms with E-state index in [1.807, 2.05) is 13.0 Å². The molecule has 0 bridgehead atoms. The van der Waals surface area contributed by atoms with E-state index in [2.05, 4.69) is 32.0 Å². The molecule has 1 N–H and O–H groups in total. The molecule has 24 heavy (non-hydrogen) atoms. The summed E-state index contributed by atoms with van der Waals surface area (Å²) in [6, 6.07) is 8.32. The van der Waals surface area contributed by atoms with Crippen molar-refractivity contribution in [2.24, 2.45) is 11.3 Å². The lowest BCUT2D eigenvalue weighted by Crippen LogP contribution is -2.54. The summed E-state index contributed by atoms with van der Waals surface area (Å²) in [7, 11) is 0. The number of hydrogen-bond acceptors (Lipinski definition) is 3. The van der Waals surface area contributed by atoms with Gasteiger partial charge in [0.15, 0.2) is 0 Å². The quantitative estimate of drug-likeness (QED) is 0.898. The Hall–Kier alpha value is -1.55. The Bertz CT molecular complexity index is 605. The lowest BCUT2D eigenvalue weighted by Gasteiger charge is -2.53. The topological polar surface area (TPSA) is 49.8 Å². The first-order valence-corrected chi connectivity index (χ1v) is 9.12. The number of piperidine rings is 1. The van der Waals surface area contributed by atoms with Gasteiger partial charge in [-0.1, -0.05) is 38.1 Å². The SMILES string of the molecule is CCOC(=O)N1CCC(C2(O)c3ccccc3CCC2(C)C)CC1. The fourth-order valence-electron chi connectivity index (χ4n) is 4.58. The summed E-state index contributed by atoms with van der Waals surface area (Å²) in [5.41, 5.74) is 1.36. The summed E-state index contributed by atoms with van der Waals surface area (Å²) < 4.78 is 5.11. The van der Waals surface area contributed by atoms with Crippen molar-refractivity contribution in [1.82, 2.24) is 4.90 Å². The second kappa shape index (κ2) is 6.40. The Morgan fingerprint density at radius 1 is 1.29 bits per heavy atom. The monoisotopic (exact) mass is 331 g/mol. The molecule has 0 radical (unpaired) electrons. The van der Waals surface area contributed by atoms with Crippen LogP contribution >= 0.6 is 0 Å².